The van der Waals surface area contributed by atoms with E-state index in [4.69, 9.17) is 20.9 Å². The summed E-state index contributed by atoms with van der Waals surface area (Å²) in [6, 6.07) is 6.33. The first-order valence-corrected chi connectivity index (χ1v) is 4.23. The zero-order valence-electron chi connectivity index (χ0n) is 8.54. The molecule has 0 aromatic heterocycles. The molecular weight excluding hydrogens is 214 g/mol. The molecule has 86 valence electrons. The Labute approximate surface area is 91.6 Å². The molecule has 0 saturated heterocycles. The van der Waals surface area contributed by atoms with Gasteiger partial charge in [0, 0.05) is 0 Å². The summed E-state index contributed by atoms with van der Waals surface area (Å²) in [7, 11) is 1.53. The highest BCUT2D eigenvalue weighted by molar-refractivity contribution is 5.76. The van der Waals surface area contributed by atoms with Crippen LogP contribution in [-0.4, -0.2) is 19.2 Å². The van der Waals surface area contributed by atoms with Crippen molar-refractivity contribution >= 4 is 12.1 Å². The molecule has 1 aromatic carbocycles. The summed E-state index contributed by atoms with van der Waals surface area (Å²) in [6.45, 7) is 0. The molecule has 0 atom stereocenters. The summed E-state index contributed by atoms with van der Waals surface area (Å²) in [5.41, 5.74) is 9.90. The third kappa shape index (κ3) is 3.74. The van der Waals surface area contributed by atoms with E-state index in [1.807, 2.05) is 0 Å². The van der Waals surface area contributed by atoms with Gasteiger partial charge >= 0.3 is 6.16 Å². The van der Waals surface area contributed by atoms with Gasteiger partial charge in [-0.05, 0) is 29.4 Å². The zero-order valence-corrected chi connectivity index (χ0v) is 8.54. The van der Waals surface area contributed by atoms with E-state index in [1.165, 1.54) is 19.2 Å². The summed E-state index contributed by atoms with van der Waals surface area (Å²) in [4.78, 5) is 15.2. The summed E-state index contributed by atoms with van der Waals surface area (Å²) < 4.78 is 9.66. The quantitative estimate of drug-likeness (QED) is 0.192. The molecule has 0 fully saturated rings. The minimum absolute atomic E-state index is 0.289. The Morgan fingerprint density at radius 3 is 2.25 bits per heavy atom. The Kier molecular flexibility index (Phi) is 3.96. The molecule has 4 N–H and O–H groups in total. The lowest BCUT2D eigenvalue weighted by Crippen LogP contribution is -2.24. The van der Waals surface area contributed by atoms with E-state index >= 15 is 0 Å². The fraction of sp³-hybridized carbons (Fsp3) is 0.111. The molecular formula is C9H11N3O4. The fourth-order valence-corrected chi connectivity index (χ4v) is 0.849. The molecule has 0 aliphatic rings. The Morgan fingerprint density at radius 1 is 1.19 bits per heavy atom. The van der Waals surface area contributed by atoms with Gasteiger partial charge in [0.1, 0.15) is 11.5 Å². The van der Waals surface area contributed by atoms with Crippen LogP contribution in [0.2, 0.25) is 0 Å². The van der Waals surface area contributed by atoms with E-state index < -0.39 is 6.16 Å². The average molecular weight is 225 g/mol. The number of oxime groups is 1. The Bertz CT molecular complexity index is 384. The van der Waals surface area contributed by atoms with Crippen molar-refractivity contribution in [2.24, 2.45) is 16.6 Å². The van der Waals surface area contributed by atoms with Crippen LogP contribution in [0.25, 0.3) is 0 Å². The van der Waals surface area contributed by atoms with Crippen LogP contribution in [0, 0.1) is 0 Å². The maximum absolute atomic E-state index is 11.0. The maximum Gasteiger partial charge on any atom is 0.540 e. The van der Waals surface area contributed by atoms with E-state index in [9.17, 15) is 4.79 Å². The largest absolute Gasteiger partial charge is 0.540 e. The molecule has 7 heteroatoms. The first-order chi connectivity index (χ1) is 7.61. The molecule has 1 rings (SSSR count). The monoisotopic (exact) mass is 225 g/mol. The SMILES string of the molecule is COc1ccc(OC(=O)ON=C(N)N)cc1. The molecule has 7 nitrogen and oxygen atoms in total. The van der Waals surface area contributed by atoms with Crippen molar-refractivity contribution in [2.45, 2.75) is 0 Å². The van der Waals surface area contributed by atoms with Crippen molar-refractivity contribution < 1.29 is 19.1 Å². The molecule has 1 aromatic rings. The summed E-state index contributed by atoms with van der Waals surface area (Å²) in [5, 5.41) is 3.03. The fourth-order valence-electron chi connectivity index (χ4n) is 0.849. The lowest BCUT2D eigenvalue weighted by atomic mass is 10.3. The maximum atomic E-state index is 11.0. The van der Waals surface area contributed by atoms with Crippen molar-refractivity contribution in [1.29, 1.82) is 0 Å². The molecule has 0 radical (unpaired) electrons. The van der Waals surface area contributed by atoms with Crippen molar-refractivity contribution in [1.82, 2.24) is 0 Å². The number of carbonyl (C=O) groups is 1. The average Bonchev–Trinajstić information content (AvgIpc) is 2.27. The van der Waals surface area contributed by atoms with E-state index in [1.54, 1.807) is 12.1 Å². The van der Waals surface area contributed by atoms with Gasteiger partial charge in [-0.1, -0.05) is 0 Å². The number of benzene rings is 1. The van der Waals surface area contributed by atoms with Crippen molar-refractivity contribution in [2.75, 3.05) is 7.11 Å². The number of rotatable bonds is 3. The topological polar surface area (TPSA) is 109 Å². The zero-order chi connectivity index (χ0) is 12.0. The Morgan fingerprint density at radius 2 is 1.75 bits per heavy atom. The molecule has 0 bridgehead atoms. The number of guanidine groups is 1. The Hall–Kier alpha value is -2.44. The third-order valence-corrected chi connectivity index (χ3v) is 1.49. The first kappa shape index (κ1) is 11.6. The molecule has 0 spiro atoms. The van der Waals surface area contributed by atoms with Gasteiger partial charge < -0.3 is 20.9 Å². The number of hydrogen-bond acceptors (Lipinski definition) is 5. The number of nitrogens with two attached hydrogens (primary N) is 2. The first-order valence-electron chi connectivity index (χ1n) is 4.23. The standard InChI is InChI=1S/C9H11N3O4/c1-14-6-2-4-7(5-3-6)15-9(13)16-12-8(10)11/h2-5H,1H3,(H4,10,11,12). The number of ether oxygens (including phenoxy) is 2. The van der Waals surface area contributed by atoms with Gasteiger partial charge in [-0.2, -0.15) is 0 Å². The summed E-state index contributed by atoms with van der Waals surface area (Å²) >= 11 is 0. The van der Waals surface area contributed by atoms with Crippen LogP contribution >= 0.6 is 0 Å². The van der Waals surface area contributed by atoms with Gasteiger partial charge in [0.05, 0.1) is 7.11 Å². The van der Waals surface area contributed by atoms with Crippen LogP contribution < -0.4 is 20.9 Å². The summed E-state index contributed by atoms with van der Waals surface area (Å²) in [5.74, 6) is 0.563. The lowest BCUT2D eigenvalue weighted by Gasteiger charge is -2.02. The van der Waals surface area contributed by atoms with Crippen LogP contribution in [0.4, 0.5) is 4.79 Å². The van der Waals surface area contributed by atoms with E-state index in [0.29, 0.717) is 5.75 Å². The highest BCUT2D eigenvalue weighted by atomic mass is 16.8. The van der Waals surface area contributed by atoms with Gasteiger partial charge in [-0.25, -0.2) is 4.79 Å². The smallest absolute Gasteiger partial charge is 0.497 e. The van der Waals surface area contributed by atoms with Gasteiger partial charge in [0.25, 0.3) is 0 Å². The molecule has 0 heterocycles. The minimum Gasteiger partial charge on any atom is -0.497 e. The third-order valence-electron chi connectivity index (χ3n) is 1.49. The molecule has 0 unspecified atom stereocenters. The molecule has 0 amide bonds. The molecule has 0 aliphatic heterocycles. The molecule has 0 saturated carbocycles. The van der Waals surface area contributed by atoms with Crippen LogP contribution in [-0.2, 0) is 4.84 Å². The normalized spacial score (nSPS) is 9.06. The number of carbonyl (C=O) groups excluding carboxylic acids is 1. The minimum atomic E-state index is -1.03. The van der Waals surface area contributed by atoms with E-state index in [0.717, 1.165) is 0 Å². The highest BCUT2D eigenvalue weighted by Gasteiger charge is 2.05. The number of methoxy groups -OCH3 is 1. The van der Waals surface area contributed by atoms with Crippen molar-refractivity contribution in [3.05, 3.63) is 24.3 Å². The van der Waals surface area contributed by atoms with Crippen LogP contribution in [0.3, 0.4) is 0 Å². The van der Waals surface area contributed by atoms with E-state index in [2.05, 4.69) is 9.99 Å². The second-order valence-corrected chi connectivity index (χ2v) is 2.64. The Balaban J connectivity index is 2.53. The van der Waals surface area contributed by atoms with Gasteiger partial charge in [0.15, 0.2) is 0 Å². The van der Waals surface area contributed by atoms with Crippen molar-refractivity contribution in [3.63, 3.8) is 0 Å². The van der Waals surface area contributed by atoms with Crippen LogP contribution in [0.5, 0.6) is 11.5 Å². The van der Waals surface area contributed by atoms with Crippen LogP contribution in [0.15, 0.2) is 29.4 Å². The molecule has 0 aliphatic carbocycles. The van der Waals surface area contributed by atoms with Crippen LogP contribution in [0.1, 0.15) is 0 Å². The van der Waals surface area contributed by atoms with Crippen molar-refractivity contribution in [3.8, 4) is 11.5 Å². The second kappa shape index (κ2) is 5.44. The predicted molar refractivity (Wildman–Crippen MR) is 55.9 cm³/mol. The summed E-state index contributed by atoms with van der Waals surface area (Å²) in [6.07, 6.45) is -1.03. The van der Waals surface area contributed by atoms with E-state index in [-0.39, 0.29) is 11.7 Å². The highest BCUT2D eigenvalue weighted by Crippen LogP contribution is 2.17. The lowest BCUT2D eigenvalue weighted by molar-refractivity contribution is 0.102. The van der Waals surface area contributed by atoms with Gasteiger partial charge in [0.2, 0.25) is 5.96 Å². The van der Waals surface area contributed by atoms with Gasteiger partial charge in [-0.15, -0.1) is 0 Å². The predicted octanol–water partition coefficient (Wildman–Crippen LogP) is 0.399. The second-order valence-electron chi connectivity index (χ2n) is 2.64. The number of hydrogen-bond donors (Lipinski definition) is 2. The molecule has 16 heavy (non-hydrogen) atoms. The van der Waals surface area contributed by atoms with Gasteiger partial charge in [-0.3, -0.25) is 4.84 Å². The number of nitrogens with zero attached hydrogens (tertiary/aromatic N) is 1.